The molecule has 0 radical (unpaired) electrons. The van der Waals surface area contributed by atoms with Crippen molar-refractivity contribution in [1.29, 1.82) is 0 Å². The van der Waals surface area contributed by atoms with E-state index in [1.807, 2.05) is 0 Å². The maximum absolute atomic E-state index is 11.4. The van der Waals surface area contributed by atoms with Crippen molar-refractivity contribution in [1.82, 2.24) is 20.2 Å². The highest BCUT2D eigenvalue weighted by atomic mass is 16.1. The molecule has 1 aromatic heterocycles. The molecule has 0 amide bonds. The molecule has 0 bridgehead atoms. The molecule has 0 N–H and O–H groups in total. The van der Waals surface area contributed by atoms with Gasteiger partial charge in [0, 0.05) is 6.42 Å². The lowest BCUT2D eigenvalue weighted by atomic mass is 10.1. The Morgan fingerprint density at radius 2 is 2.38 bits per heavy atom. The number of carbonyl (C=O) groups excluding carboxylic acids is 1. The van der Waals surface area contributed by atoms with Crippen molar-refractivity contribution in [2.24, 2.45) is 13.0 Å². The summed E-state index contributed by atoms with van der Waals surface area (Å²) in [5, 5.41) is 11.4. The van der Waals surface area contributed by atoms with Crippen LogP contribution in [0, 0.1) is 5.92 Å². The first-order chi connectivity index (χ1) is 6.24. The van der Waals surface area contributed by atoms with Crippen molar-refractivity contribution < 1.29 is 4.79 Å². The van der Waals surface area contributed by atoms with Crippen molar-refractivity contribution in [3.05, 3.63) is 5.82 Å². The molecule has 0 spiro atoms. The monoisotopic (exact) mass is 180 g/mol. The van der Waals surface area contributed by atoms with E-state index in [0.29, 0.717) is 24.6 Å². The molecule has 2 rings (SSSR count). The maximum atomic E-state index is 11.4. The van der Waals surface area contributed by atoms with Crippen LogP contribution in [0.3, 0.4) is 0 Å². The van der Waals surface area contributed by atoms with Crippen LogP contribution in [-0.2, 0) is 18.3 Å². The van der Waals surface area contributed by atoms with E-state index in [0.717, 1.165) is 0 Å². The van der Waals surface area contributed by atoms with Gasteiger partial charge >= 0.3 is 0 Å². The van der Waals surface area contributed by atoms with E-state index in [4.69, 9.17) is 0 Å². The predicted molar refractivity (Wildman–Crippen MR) is 44.9 cm³/mol. The van der Waals surface area contributed by atoms with Gasteiger partial charge in [-0.2, -0.15) is 4.80 Å². The molecule has 1 aliphatic rings. The van der Waals surface area contributed by atoms with Crippen LogP contribution >= 0.6 is 0 Å². The zero-order valence-electron chi connectivity index (χ0n) is 7.60. The van der Waals surface area contributed by atoms with Gasteiger partial charge in [-0.3, -0.25) is 4.79 Å². The normalized spacial score (nSPS) is 16.1. The van der Waals surface area contributed by atoms with Crippen molar-refractivity contribution in [2.75, 3.05) is 0 Å². The first kappa shape index (κ1) is 8.34. The molecule has 1 fully saturated rings. The molecular formula is C8H12N4O. The van der Waals surface area contributed by atoms with Crippen molar-refractivity contribution in [2.45, 2.75) is 25.7 Å². The Hall–Kier alpha value is -1.26. The van der Waals surface area contributed by atoms with Crippen LogP contribution in [0.5, 0.6) is 0 Å². The second-order valence-electron chi connectivity index (χ2n) is 3.56. The van der Waals surface area contributed by atoms with Crippen LogP contribution in [0.15, 0.2) is 0 Å². The van der Waals surface area contributed by atoms with Gasteiger partial charge < -0.3 is 0 Å². The minimum Gasteiger partial charge on any atom is -0.299 e. The molecule has 0 aromatic carbocycles. The van der Waals surface area contributed by atoms with E-state index in [1.54, 1.807) is 7.05 Å². The van der Waals surface area contributed by atoms with Crippen LogP contribution in [0.25, 0.3) is 0 Å². The summed E-state index contributed by atoms with van der Waals surface area (Å²) in [5.74, 6) is 1.41. The van der Waals surface area contributed by atoms with Crippen LogP contribution in [0.4, 0.5) is 0 Å². The summed E-state index contributed by atoms with van der Waals surface area (Å²) < 4.78 is 0. The first-order valence-electron chi connectivity index (χ1n) is 4.48. The Morgan fingerprint density at radius 3 is 2.92 bits per heavy atom. The lowest BCUT2D eigenvalue weighted by Gasteiger charge is -1.93. The van der Waals surface area contributed by atoms with Gasteiger partial charge in [0.25, 0.3) is 0 Å². The third-order valence-corrected chi connectivity index (χ3v) is 2.12. The number of ketones is 1. The third kappa shape index (κ3) is 2.34. The van der Waals surface area contributed by atoms with E-state index in [1.165, 1.54) is 17.6 Å². The summed E-state index contributed by atoms with van der Waals surface area (Å²) in [6.07, 6.45) is 3.45. The smallest absolute Gasteiger partial charge is 0.182 e. The topological polar surface area (TPSA) is 60.7 Å². The van der Waals surface area contributed by atoms with Gasteiger partial charge in [-0.1, -0.05) is 0 Å². The molecule has 0 atom stereocenters. The number of hydrogen-bond acceptors (Lipinski definition) is 4. The van der Waals surface area contributed by atoms with Gasteiger partial charge in [-0.05, 0) is 24.0 Å². The SMILES string of the molecule is Cn1nnc(CC(=O)CC2CC2)n1. The van der Waals surface area contributed by atoms with E-state index in [9.17, 15) is 4.79 Å². The lowest BCUT2D eigenvalue weighted by molar-refractivity contribution is -0.118. The van der Waals surface area contributed by atoms with Gasteiger partial charge in [0.1, 0.15) is 5.78 Å². The Labute approximate surface area is 76.1 Å². The highest BCUT2D eigenvalue weighted by molar-refractivity contribution is 5.80. The van der Waals surface area contributed by atoms with Gasteiger partial charge in [-0.15, -0.1) is 10.2 Å². The van der Waals surface area contributed by atoms with Gasteiger partial charge in [0.15, 0.2) is 5.82 Å². The minimum atomic E-state index is 0.232. The molecule has 70 valence electrons. The highest BCUT2D eigenvalue weighted by Gasteiger charge is 2.24. The van der Waals surface area contributed by atoms with Crippen molar-refractivity contribution >= 4 is 5.78 Å². The van der Waals surface area contributed by atoms with Gasteiger partial charge in [0.05, 0.1) is 13.5 Å². The van der Waals surface area contributed by atoms with Gasteiger partial charge in [-0.25, -0.2) is 0 Å². The average molecular weight is 180 g/mol. The fraction of sp³-hybridized carbons (Fsp3) is 0.750. The number of carbonyl (C=O) groups is 1. The largest absolute Gasteiger partial charge is 0.299 e. The summed E-state index contributed by atoms with van der Waals surface area (Å²) in [6, 6.07) is 0. The zero-order valence-corrected chi connectivity index (χ0v) is 7.60. The van der Waals surface area contributed by atoms with Crippen LogP contribution in [-0.4, -0.2) is 26.0 Å². The third-order valence-electron chi connectivity index (χ3n) is 2.12. The minimum absolute atomic E-state index is 0.232. The molecule has 5 heteroatoms. The quantitative estimate of drug-likeness (QED) is 0.660. The number of nitrogens with zero attached hydrogens (tertiary/aromatic N) is 4. The summed E-state index contributed by atoms with van der Waals surface area (Å²) in [4.78, 5) is 12.7. The number of Topliss-reactive ketones (excluding diaryl/α,β-unsaturated/α-hetero) is 1. The number of rotatable bonds is 4. The van der Waals surface area contributed by atoms with Crippen LogP contribution < -0.4 is 0 Å². The van der Waals surface area contributed by atoms with E-state index < -0.39 is 0 Å². The van der Waals surface area contributed by atoms with Crippen LogP contribution in [0.1, 0.15) is 25.1 Å². The Kier molecular flexibility index (Phi) is 2.08. The summed E-state index contributed by atoms with van der Waals surface area (Å²) in [6.45, 7) is 0. The number of aryl methyl sites for hydroxylation is 1. The highest BCUT2D eigenvalue weighted by Crippen LogP contribution is 2.32. The van der Waals surface area contributed by atoms with E-state index in [2.05, 4.69) is 15.4 Å². The molecule has 5 nitrogen and oxygen atoms in total. The average Bonchev–Trinajstić information content (AvgIpc) is 2.76. The Morgan fingerprint density at radius 1 is 1.62 bits per heavy atom. The molecule has 1 saturated carbocycles. The van der Waals surface area contributed by atoms with E-state index >= 15 is 0 Å². The fourth-order valence-corrected chi connectivity index (χ4v) is 1.29. The predicted octanol–water partition coefficient (Wildman–Crippen LogP) is 0.122. The van der Waals surface area contributed by atoms with Gasteiger partial charge in [0.2, 0.25) is 0 Å². The molecular weight excluding hydrogens is 168 g/mol. The fourth-order valence-electron chi connectivity index (χ4n) is 1.29. The second-order valence-corrected chi connectivity index (χ2v) is 3.56. The standard InChI is InChI=1S/C8H12N4O/c1-12-10-8(9-11-12)5-7(13)4-6-2-3-6/h6H,2-5H2,1H3. The second kappa shape index (κ2) is 3.24. The molecule has 0 saturated heterocycles. The molecule has 0 unspecified atom stereocenters. The van der Waals surface area contributed by atoms with Crippen molar-refractivity contribution in [3.8, 4) is 0 Å². The van der Waals surface area contributed by atoms with Crippen molar-refractivity contribution in [3.63, 3.8) is 0 Å². The Balaban J connectivity index is 1.85. The molecule has 1 heterocycles. The number of aromatic nitrogens is 4. The maximum Gasteiger partial charge on any atom is 0.182 e. The molecule has 1 aliphatic carbocycles. The van der Waals surface area contributed by atoms with Crippen LogP contribution in [0.2, 0.25) is 0 Å². The first-order valence-corrected chi connectivity index (χ1v) is 4.48. The number of tetrazole rings is 1. The molecule has 13 heavy (non-hydrogen) atoms. The van der Waals surface area contributed by atoms with E-state index in [-0.39, 0.29) is 5.78 Å². The summed E-state index contributed by atoms with van der Waals surface area (Å²) >= 11 is 0. The molecule has 0 aliphatic heterocycles. The molecule has 1 aromatic rings. The zero-order chi connectivity index (χ0) is 9.26. The lowest BCUT2D eigenvalue weighted by Crippen LogP contribution is -2.05. The summed E-state index contributed by atoms with van der Waals surface area (Å²) in [7, 11) is 1.70. The number of hydrogen-bond donors (Lipinski definition) is 0. The summed E-state index contributed by atoms with van der Waals surface area (Å²) in [5.41, 5.74) is 0. The Bertz CT molecular complexity index is 316.